The van der Waals surface area contributed by atoms with Crippen molar-refractivity contribution in [2.75, 3.05) is 52.1 Å². The second kappa shape index (κ2) is 6.24. The Morgan fingerprint density at radius 1 is 1.38 bits per heavy atom. The first-order valence-corrected chi connectivity index (χ1v) is 7.55. The predicted molar refractivity (Wildman–Crippen MR) is 72.3 cm³/mol. The van der Waals surface area contributed by atoms with Gasteiger partial charge < -0.3 is 10.2 Å². The van der Waals surface area contributed by atoms with Crippen LogP contribution in [0.1, 0.15) is 13.3 Å². The molecule has 2 rings (SSSR count). The Balaban J connectivity index is 1.64. The lowest BCUT2D eigenvalue weighted by atomic mass is 10.2. The maximum Gasteiger partial charge on any atom is 0.0194 e. The number of piperazine rings is 1. The van der Waals surface area contributed by atoms with Crippen molar-refractivity contribution in [3.8, 4) is 0 Å². The largest absolute Gasteiger partial charge is 0.314 e. The minimum Gasteiger partial charge on any atom is -0.314 e. The van der Waals surface area contributed by atoms with Crippen LogP contribution in [0.25, 0.3) is 0 Å². The van der Waals surface area contributed by atoms with Gasteiger partial charge in [-0.1, -0.05) is 6.92 Å². The Morgan fingerprint density at radius 2 is 2.12 bits per heavy atom. The standard InChI is InChI=1S/C12H25N3S/c1-11-9-12(10-16-11)14(2)7-8-15-5-3-13-4-6-15/h11-13H,3-10H2,1-2H3. The molecule has 2 heterocycles. The molecule has 94 valence electrons. The van der Waals surface area contributed by atoms with E-state index in [0.717, 1.165) is 11.3 Å². The van der Waals surface area contributed by atoms with Crippen LogP contribution in [0, 0.1) is 0 Å². The van der Waals surface area contributed by atoms with Gasteiger partial charge in [0.1, 0.15) is 0 Å². The minimum atomic E-state index is 0.822. The molecule has 0 aromatic carbocycles. The van der Waals surface area contributed by atoms with Gasteiger partial charge in [0.05, 0.1) is 0 Å². The zero-order valence-electron chi connectivity index (χ0n) is 10.6. The maximum absolute atomic E-state index is 3.40. The number of thioether (sulfide) groups is 1. The van der Waals surface area contributed by atoms with Crippen LogP contribution in [0.4, 0.5) is 0 Å². The molecule has 4 heteroatoms. The quantitative estimate of drug-likeness (QED) is 0.784. The van der Waals surface area contributed by atoms with E-state index >= 15 is 0 Å². The average Bonchev–Trinajstić information content (AvgIpc) is 2.74. The molecule has 0 aromatic heterocycles. The number of likely N-dealkylation sites (N-methyl/N-ethyl adjacent to an activating group) is 1. The summed E-state index contributed by atoms with van der Waals surface area (Å²) >= 11 is 2.13. The molecule has 0 saturated carbocycles. The van der Waals surface area contributed by atoms with E-state index in [2.05, 4.69) is 40.8 Å². The highest BCUT2D eigenvalue weighted by atomic mass is 32.2. The molecule has 0 spiro atoms. The van der Waals surface area contributed by atoms with Gasteiger partial charge in [0.25, 0.3) is 0 Å². The summed E-state index contributed by atoms with van der Waals surface area (Å²) < 4.78 is 0. The predicted octanol–water partition coefficient (Wildman–Crippen LogP) is 0.717. The summed E-state index contributed by atoms with van der Waals surface area (Å²) in [6, 6.07) is 0.822. The maximum atomic E-state index is 3.40. The number of hydrogen-bond donors (Lipinski definition) is 1. The van der Waals surface area contributed by atoms with Crippen molar-refractivity contribution in [1.29, 1.82) is 0 Å². The molecule has 0 radical (unpaired) electrons. The number of hydrogen-bond acceptors (Lipinski definition) is 4. The normalized spacial score (nSPS) is 32.4. The lowest BCUT2D eigenvalue weighted by Crippen LogP contribution is -2.47. The van der Waals surface area contributed by atoms with Crippen LogP contribution in [-0.4, -0.2) is 73.2 Å². The van der Waals surface area contributed by atoms with E-state index < -0.39 is 0 Å². The lowest BCUT2D eigenvalue weighted by Gasteiger charge is -2.31. The van der Waals surface area contributed by atoms with Crippen LogP contribution in [0.3, 0.4) is 0 Å². The van der Waals surface area contributed by atoms with E-state index in [-0.39, 0.29) is 0 Å². The minimum absolute atomic E-state index is 0.822. The van der Waals surface area contributed by atoms with Gasteiger partial charge in [-0.25, -0.2) is 0 Å². The summed E-state index contributed by atoms with van der Waals surface area (Å²) in [7, 11) is 2.30. The molecule has 16 heavy (non-hydrogen) atoms. The van der Waals surface area contributed by atoms with Crippen LogP contribution >= 0.6 is 11.8 Å². The van der Waals surface area contributed by atoms with Crippen molar-refractivity contribution < 1.29 is 0 Å². The van der Waals surface area contributed by atoms with Crippen LogP contribution in [0.15, 0.2) is 0 Å². The summed E-state index contributed by atoms with van der Waals surface area (Å²) in [5, 5.41) is 4.27. The van der Waals surface area contributed by atoms with Crippen LogP contribution in [-0.2, 0) is 0 Å². The Bertz CT molecular complexity index is 206. The van der Waals surface area contributed by atoms with Crippen molar-refractivity contribution in [2.45, 2.75) is 24.6 Å². The molecule has 2 saturated heterocycles. The van der Waals surface area contributed by atoms with Crippen molar-refractivity contribution in [3.63, 3.8) is 0 Å². The number of nitrogens with one attached hydrogen (secondary N) is 1. The Kier molecular flexibility index (Phi) is 4.95. The number of nitrogens with zero attached hydrogens (tertiary/aromatic N) is 2. The van der Waals surface area contributed by atoms with E-state index in [4.69, 9.17) is 0 Å². The van der Waals surface area contributed by atoms with Gasteiger partial charge in [-0.3, -0.25) is 4.90 Å². The average molecular weight is 243 g/mol. The first-order chi connectivity index (χ1) is 7.75. The topological polar surface area (TPSA) is 18.5 Å². The van der Waals surface area contributed by atoms with Gasteiger partial charge >= 0.3 is 0 Å². The van der Waals surface area contributed by atoms with Crippen molar-refractivity contribution in [2.24, 2.45) is 0 Å². The molecular formula is C12H25N3S. The summed E-state index contributed by atoms with van der Waals surface area (Å²) in [6.07, 6.45) is 1.38. The molecule has 1 N–H and O–H groups in total. The summed E-state index contributed by atoms with van der Waals surface area (Å²) in [5.74, 6) is 1.33. The highest BCUT2D eigenvalue weighted by Gasteiger charge is 2.25. The first kappa shape index (κ1) is 12.7. The van der Waals surface area contributed by atoms with E-state index in [0.29, 0.717) is 0 Å². The lowest BCUT2D eigenvalue weighted by molar-refractivity contribution is 0.183. The van der Waals surface area contributed by atoms with Crippen LogP contribution in [0.5, 0.6) is 0 Å². The van der Waals surface area contributed by atoms with Crippen molar-refractivity contribution >= 4 is 11.8 Å². The third-order valence-corrected chi connectivity index (χ3v) is 5.12. The molecular weight excluding hydrogens is 218 g/mol. The molecule has 3 nitrogen and oxygen atoms in total. The molecule has 0 amide bonds. The van der Waals surface area contributed by atoms with Gasteiger partial charge in [0.15, 0.2) is 0 Å². The van der Waals surface area contributed by atoms with E-state index in [9.17, 15) is 0 Å². The zero-order valence-corrected chi connectivity index (χ0v) is 11.4. The monoisotopic (exact) mass is 243 g/mol. The Morgan fingerprint density at radius 3 is 2.75 bits per heavy atom. The molecule has 2 fully saturated rings. The van der Waals surface area contributed by atoms with E-state index in [1.165, 1.54) is 51.4 Å². The van der Waals surface area contributed by atoms with E-state index in [1.54, 1.807) is 0 Å². The molecule has 2 aliphatic heterocycles. The molecule has 0 aromatic rings. The summed E-state index contributed by atoms with van der Waals surface area (Å²) in [4.78, 5) is 5.15. The summed E-state index contributed by atoms with van der Waals surface area (Å²) in [6.45, 7) is 9.62. The Hall–Kier alpha value is 0.230. The number of rotatable bonds is 4. The van der Waals surface area contributed by atoms with Gasteiger partial charge in [-0.15, -0.1) is 0 Å². The smallest absolute Gasteiger partial charge is 0.0194 e. The fourth-order valence-electron chi connectivity index (χ4n) is 2.52. The second-order valence-electron chi connectivity index (χ2n) is 5.11. The SMILES string of the molecule is CC1CC(N(C)CCN2CCNCC2)CS1. The highest BCUT2D eigenvalue weighted by molar-refractivity contribution is 8.00. The third-order valence-electron chi connectivity index (χ3n) is 3.78. The highest BCUT2D eigenvalue weighted by Crippen LogP contribution is 2.28. The van der Waals surface area contributed by atoms with Gasteiger partial charge in [0, 0.05) is 56.3 Å². The summed E-state index contributed by atoms with van der Waals surface area (Å²) in [5.41, 5.74) is 0. The first-order valence-electron chi connectivity index (χ1n) is 6.50. The zero-order chi connectivity index (χ0) is 11.4. The molecule has 2 aliphatic rings. The van der Waals surface area contributed by atoms with Crippen molar-refractivity contribution in [1.82, 2.24) is 15.1 Å². The fourth-order valence-corrected chi connectivity index (χ4v) is 3.82. The molecule has 2 atom stereocenters. The molecule has 0 aliphatic carbocycles. The van der Waals surface area contributed by atoms with Gasteiger partial charge in [-0.2, -0.15) is 11.8 Å². The molecule has 2 unspecified atom stereocenters. The van der Waals surface area contributed by atoms with Crippen molar-refractivity contribution in [3.05, 3.63) is 0 Å². The Labute approximate surface area is 104 Å². The van der Waals surface area contributed by atoms with Gasteiger partial charge in [0.2, 0.25) is 0 Å². The molecule has 0 bridgehead atoms. The van der Waals surface area contributed by atoms with E-state index in [1.807, 2.05) is 0 Å². The fraction of sp³-hybridized carbons (Fsp3) is 1.00. The van der Waals surface area contributed by atoms with Crippen LogP contribution in [0.2, 0.25) is 0 Å². The van der Waals surface area contributed by atoms with Crippen LogP contribution < -0.4 is 5.32 Å². The second-order valence-corrected chi connectivity index (χ2v) is 6.58. The van der Waals surface area contributed by atoms with Gasteiger partial charge in [-0.05, 0) is 13.5 Å². The third kappa shape index (κ3) is 3.62.